The molecular formula is C20H20ClN3O3S. The zero-order valence-electron chi connectivity index (χ0n) is 15.5. The van der Waals surface area contributed by atoms with Crippen molar-refractivity contribution in [2.45, 2.75) is 38.6 Å². The molecule has 0 aliphatic heterocycles. The number of anilines is 1. The van der Waals surface area contributed by atoms with Crippen LogP contribution in [0.1, 0.15) is 29.7 Å². The Morgan fingerprint density at radius 1 is 1.36 bits per heavy atom. The summed E-state index contributed by atoms with van der Waals surface area (Å²) >= 11 is 7.78. The Balaban J connectivity index is 1.49. The van der Waals surface area contributed by atoms with E-state index in [1.54, 1.807) is 43.0 Å². The minimum atomic E-state index is -0.216. The van der Waals surface area contributed by atoms with Gasteiger partial charge in [0.1, 0.15) is 10.6 Å². The Labute approximate surface area is 171 Å². The van der Waals surface area contributed by atoms with Crippen molar-refractivity contribution in [3.05, 3.63) is 50.3 Å². The van der Waals surface area contributed by atoms with E-state index in [9.17, 15) is 9.59 Å². The van der Waals surface area contributed by atoms with E-state index < -0.39 is 0 Å². The molecule has 8 heteroatoms. The molecule has 3 aromatic rings. The highest BCUT2D eigenvalue weighted by Crippen LogP contribution is 2.33. The maximum atomic E-state index is 12.9. The lowest BCUT2D eigenvalue weighted by Gasteiger charge is -2.11. The number of ether oxygens (including phenoxy) is 1. The Hall–Kier alpha value is -2.38. The molecule has 2 aromatic heterocycles. The molecule has 0 spiro atoms. The van der Waals surface area contributed by atoms with Gasteiger partial charge in [-0.05, 0) is 43.4 Å². The zero-order valence-corrected chi connectivity index (χ0v) is 17.0. The van der Waals surface area contributed by atoms with Gasteiger partial charge in [-0.3, -0.25) is 14.2 Å². The number of methoxy groups -OCH3 is 1. The second-order valence-electron chi connectivity index (χ2n) is 6.78. The molecule has 4 rings (SSSR count). The van der Waals surface area contributed by atoms with Gasteiger partial charge in [-0.2, -0.15) is 0 Å². The minimum Gasteiger partial charge on any atom is -0.497 e. The van der Waals surface area contributed by atoms with Gasteiger partial charge in [0.2, 0.25) is 5.91 Å². The number of aryl methyl sites for hydroxylation is 3. The third-order valence-corrected chi connectivity index (χ3v) is 6.48. The summed E-state index contributed by atoms with van der Waals surface area (Å²) in [7, 11) is 1.55. The zero-order chi connectivity index (χ0) is 19.7. The molecule has 0 saturated heterocycles. The number of rotatable bonds is 5. The van der Waals surface area contributed by atoms with Crippen molar-refractivity contribution in [2.75, 3.05) is 12.4 Å². The van der Waals surface area contributed by atoms with Crippen LogP contribution in [0.5, 0.6) is 5.75 Å². The average Bonchev–Trinajstić information content (AvgIpc) is 3.08. The van der Waals surface area contributed by atoms with Gasteiger partial charge in [0.05, 0.1) is 29.5 Å². The number of hydrogen-bond donors (Lipinski definition) is 1. The summed E-state index contributed by atoms with van der Waals surface area (Å²) in [4.78, 5) is 31.8. The molecule has 1 aromatic carbocycles. The summed E-state index contributed by atoms with van der Waals surface area (Å²) < 4.78 is 6.63. The van der Waals surface area contributed by atoms with E-state index in [1.165, 1.54) is 15.9 Å². The number of nitrogens with one attached hydrogen (secondary N) is 1. The Morgan fingerprint density at radius 2 is 2.18 bits per heavy atom. The van der Waals surface area contributed by atoms with Gasteiger partial charge in [-0.1, -0.05) is 11.6 Å². The maximum absolute atomic E-state index is 12.9. The van der Waals surface area contributed by atoms with E-state index in [0.29, 0.717) is 16.5 Å². The van der Waals surface area contributed by atoms with Crippen molar-refractivity contribution < 1.29 is 9.53 Å². The highest BCUT2D eigenvalue weighted by Gasteiger charge is 2.20. The van der Waals surface area contributed by atoms with Crippen LogP contribution >= 0.6 is 22.9 Å². The molecule has 1 amide bonds. The van der Waals surface area contributed by atoms with E-state index in [4.69, 9.17) is 16.3 Å². The summed E-state index contributed by atoms with van der Waals surface area (Å²) in [5.41, 5.74) is 1.62. The molecule has 2 heterocycles. The first kappa shape index (κ1) is 19.0. The first-order valence-electron chi connectivity index (χ1n) is 9.20. The third-order valence-electron chi connectivity index (χ3n) is 4.97. The van der Waals surface area contributed by atoms with Gasteiger partial charge in [0, 0.05) is 23.9 Å². The lowest BCUT2D eigenvalue weighted by molar-refractivity contribution is -0.116. The number of aromatic nitrogens is 2. The van der Waals surface area contributed by atoms with Gasteiger partial charge >= 0.3 is 0 Å². The van der Waals surface area contributed by atoms with Crippen LogP contribution in [0.25, 0.3) is 10.2 Å². The lowest BCUT2D eigenvalue weighted by Crippen LogP contribution is -2.24. The molecule has 0 bridgehead atoms. The van der Waals surface area contributed by atoms with E-state index in [2.05, 4.69) is 10.3 Å². The predicted molar refractivity (Wildman–Crippen MR) is 112 cm³/mol. The second kappa shape index (κ2) is 7.93. The van der Waals surface area contributed by atoms with Crippen molar-refractivity contribution in [3.63, 3.8) is 0 Å². The molecule has 0 radical (unpaired) electrons. The van der Waals surface area contributed by atoms with Crippen molar-refractivity contribution in [1.29, 1.82) is 0 Å². The summed E-state index contributed by atoms with van der Waals surface area (Å²) in [5.74, 6) is 0.402. The maximum Gasteiger partial charge on any atom is 0.262 e. The molecule has 0 saturated carbocycles. The molecule has 0 unspecified atom stereocenters. The Bertz CT molecular complexity index is 1110. The number of nitrogens with zero attached hydrogens (tertiary/aromatic N) is 2. The molecular weight excluding hydrogens is 398 g/mol. The molecule has 1 aliphatic carbocycles. The number of amides is 1. The highest BCUT2D eigenvalue weighted by atomic mass is 35.5. The summed E-state index contributed by atoms with van der Waals surface area (Å²) in [6.45, 7) is 0.270. The molecule has 28 heavy (non-hydrogen) atoms. The van der Waals surface area contributed by atoms with Crippen LogP contribution in [0.2, 0.25) is 5.02 Å². The third kappa shape index (κ3) is 3.64. The summed E-state index contributed by atoms with van der Waals surface area (Å²) in [5, 5.41) is 3.91. The number of thiophene rings is 1. The number of carbonyl (C=O) groups excluding carboxylic acids is 1. The minimum absolute atomic E-state index is 0.0559. The molecule has 0 atom stereocenters. The number of hydrogen-bond acceptors (Lipinski definition) is 5. The molecule has 146 valence electrons. The van der Waals surface area contributed by atoms with Crippen molar-refractivity contribution in [1.82, 2.24) is 9.55 Å². The Morgan fingerprint density at radius 3 is 2.96 bits per heavy atom. The standard InChI is InChI=1S/C20H20ClN3O3S/c1-27-12-6-7-15(14(21)10-12)23-17(25)8-9-24-11-22-19-18(20(24)26)13-4-2-3-5-16(13)28-19/h6-7,10-11H,2-5,8-9H2,1H3,(H,23,25). The SMILES string of the molecule is COc1ccc(NC(=O)CCn2cnc3sc4c(c3c2=O)CCCC4)c(Cl)c1. The quantitative estimate of drug-likeness (QED) is 0.680. The van der Waals surface area contributed by atoms with E-state index in [1.807, 2.05) is 0 Å². The summed E-state index contributed by atoms with van der Waals surface area (Å²) in [6, 6.07) is 5.05. The number of carbonyl (C=O) groups is 1. The Kier molecular flexibility index (Phi) is 5.37. The normalized spacial score (nSPS) is 13.4. The van der Waals surface area contributed by atoms with Crippen LogP contribution in [0.15, 0.2) is 29.3 Å². The molecule has 1 N–H and O–H groups in total. The van der Waals surface area contributed by atoms with E-state index in [0.717, 1.165) is 35.0 Å². The predicted octanol–water partition coefficient (Wildman–Crippen LogP) is 4.03. The van der Waals surface area contributed by atoms with Gasteiger partial charge in [0.25, 0.3) is 5.56 Å². The number of fused-ring (bicyclic) bond motifs is 3. The lowest BCUT2D eigenvalue weighted by atomic mass is 9.97. The monoisotopic (exact) mass is 417 g/mol. The fourth-order valence-electron chi connectivity index (χ4n) is 3.50. The second-order valence-corrected chi connectivity index (χ2v) is 8.27. The fraction of sp³-hybridized carbons (Fsp3) is 0.350. The van der Waals surface area contributed by atoms with Crippen LogP contribution in [-0.2, 0) is 24.2 Å². The number of halogens is 1. The van der Waals surface area contributed by atoms with Crippen LogP contribution in [-0.4, -0.2) is 22.6 Å². The van der Waals surface area contributed by atoms with Crippen LogP contribution in [0, 0.1) is 0 Å². The van der Waals surface area contributed by atoms with Crippen molar-refractivity contribution >= 4 is 44.7 Å². The molecule has 0 fully saturated rings. The average molecular weight is 418 g/mol. The van der Waals surface area contributed by atoms with Crippen molar-refractivity contribution in [3.8, 4) is 5.75 Å². The van der Waals surface area contributed by atoms with Gasteiger partial charge in [-0.25, -0.2) is 4.98 Å². The van der Waals surface area contributed by atoms with Gasteiger partial charge < -0.3 is 10.1 Å². The van der Waals surface area contributed by atoms with Crippen molar-refractivity contribution in [2.24, 2.45) is 0 Å². The van der Waals surface area contributed by atoms with Gasteiger partial charge in [-0.15, -0.1) is 11.3 Å². The van der Waals surface area contributed by atoms with E-state index in [-0.39, 0.29) is 24.4 Å². The fourth-order valence-corrected chi connectivity index (χ4v) is 4.94. The molecule has 1 aliphatic rings. The largest absolute Gasteiger partial charge is 0.497 e. The highest BCUT2D eigenvalue weighted by molar-refractivity contribution is 7.18. The topological polar surface area (TPSA) is 73.2 Å². The van der Waals surface area contributed by atoms with Crippen LogP contribution in [0.3, 0.4) is 0 Å². The van der Waals surface area contributed by atoms with Crippen LogP contribution in [0.4, 0.5) is 5.69 Å². The number of benzene rings is 1. The molecule has 6 nitrogen and oxygen atoms in total. The first-order valence-corrected chi connectivity index (χ1v) is 10.4. The van der Waals surface area contributed by atoms with Gasteiger partial charge in [0.15, 0.2) is 0 Å². The summed E-state index contributed by atoms with van der Waals surface area (Å²) in [6.07, 6.45) is 5.94. The smallest absolute Gasteiger partial charge is 0.262 e. The van der Waals surface area contributed by atoms with Crippen LogP contribution < -0.4 is 15.6 Å². The van der Waals surface area contributed by atoms with E-state index >= 15 is 0 Å². The first-order chi connectivity index (χ1) is 13.6.